The first kappa shape index (κ1) is 16.5. The van der Waals surface area contributed by atoms with Crippen LogP contribution in [0.5, 0.6) is 0 Å². The Morgan fingerprint density at radius 1 is 1.48 bits per heavy atom. The van der Waals surface area contributed by atoms with E-state index in [9.17, 15) is 13.6 Å². The molecule has 3 unspecified atom stereocenters. The molecule has 128 valence electrons. The van der Waals surface area contributed by atoms with Gasteiger partial charge in [0.25, 0.3) is 0 Å². The van der Waals surface area contributed by atoms with Crippen molar-refractivity contribution >= 4 is 14.4 Å². The topological polar surface area (TPSA) is 88.6 Å². The lowest BCUT2D eigenvalue weighted by atomic mass is 10.1. The predicted octanol–water partition coefficient (Wildman–Crippen LogP) is 1.26. The van der Waals surface area contributed by atoms with E-state index in [4.69, 9.17) is 19.3 Å². The lowest BCUT2D eigenvalue weighted by molar-refractivity contribution is -0.139. The Morgan fingerprint density at radius 3 is 2.78 bits per heavy atom. The monoisotopic (exact) mass is 347 g/mol. The molecule has 10 heteroatoms. The number of rotatable bonds is 3. The van der Waals surface area contributed by atoms with Gasteiger partial charge in [0.2, 0.25) is 6.23 Å². The molecule has 7 nitrogen and oxygen atoms in total. The number of nitrogens with two attached hydrogens (primary N) is 1. The first-order chi connectivity index (χ1) is 10.8. The second-order valence-electron chi connectivity index (χ2n) is 5.71. The molecule has 2 N–H and O–H groups in total. The minimum atomic E-state index is -3.36. The molecule has 1 aromatic rings. The van der Waals surface area contributed by atoms with Gasteiger partial charge in [-0.15, -0.1) is 0 Å². The Kier molecular flexibility index (Phi) is 4.03. The summed E-state index contributed by atoms with van der Waals surface area (Å²) >= 11 is 0. The standard InChI is InChI=1S/C13H19F2N3O4Si/c1-3-23(4-2)20-7-8-10(22-23)13(14,15)11(21-8)18-6-5-9(16)17-12(18)19/h5-6,8,10-11H,3-4,7H2,1-2H3,(H2,16,17,19). The van der Waals surface area contributed by atoms with Crippen LogP contribution in [-0.2, 0) is 13.6 Å². The third-order valence-electron chi connectivity index (χ3n) is 4.38. The first-order valence-electron chi connectivity index (χ1n) is 7.52. The molecule has 0 aliphatic carbocycles. The van der Waals surface area contributed by atoms with Crippen molar-refractivity contribution in [1.29, 1.82) is 0 Å². The molecular weight excluding hydrogens is 328 g/mol. The van der Waals surface area contributed by atoms with Crippen molar-refractivity contribution in [2.75, 3.05) is 12.3 Å². The highest BCUT2D eigenvalue weighted by Crippen LogP contribution is 2.47. The molecule has 3 heterocycles. The lowest BCUT2D eigenvalue weighted by Gasteiger charge is -2.40. The fraction of sp³-hybridized carbons (Fsp3) is 0.692. The summed E-state index contributed by atoms with van der Waals surface area (Å²) in [4.78, 5) is 15.3. The van der Waals surface area contributed by atoms with Crippen LogP contribution < -0.4 is 11.4 Å². The van der Waals surface area contributed by atoms with Crippen molar-refractivity contribution in [2.45, 2.75) is 50.3 Å². The zero-order chi connectivity index (χ0) is 16.8. The van der Waals surface area contributed by atoms with Crippen LogP contribution in [0.15, 0.2) is 17.1 Å². The molecule has 0 radical (unpaired) electrons. The quantitative estimate of drug-likeness (QED) is 0.828. The smallest absolute Gasteiger partial charge is 0.351 e. The van der Waals surface area contributed by atoms with Gasteiger partial charge >= 0.3 is 20.2 Å². The molecule has 3 atom stereocenters. The van der Waals surface area contributed by atoms with E-state index in [1.165, 1.54) is 6.07 Å². The zero-order valence-electron chi connectivity index (χ0n) is 12.9. The third-order valence-corrected chi connectivity index (χ3v) is 7.91. The number of halogens is 2. The van der Waals surface area contributed by atoms with Crippen molar-refractivity contribution in [1.82, 2.24) is 9.55 Å². The molecule has 0 spiro atoms. The van der Waals surface area contributed by atoms with Crippen molar-refractivity contribution in [2.24, 2.45) is 0 Å². The van der Waals surface area contributed by atoms with Gasteiger partial charge in [-0.1, -0.05) is 13.8 Å². The Hall–Kier alpha value is -1.36. The summed E-state index contributed by atoms with van der Waals surface area (Å²) in [5, 5.41) is 0. The SMILES string of the molecule is CC[Si]1(CC)OCC2OC(n3ccc(N)nc3=O)C(F)(F)C2O1. The van der Waals surface area contributed by atoms with E-state index in [1.807, 2.05) is 13.8 Å². The second-order valence-corrected chi connectivity index (χ2v) is 9.47. The summed E-state index contributed by atoms with van der Waals surface area (Å²) in [6.45, 7) is 3.79. The average molecular weight is 347 g/mol. The third kappa shape index (κ3) is 2.59. The highest BCUT2D eigenvalue weighted by molar-refractivity contribution is 6.67. The van der Waals surface area contributed by atoms with Crippen LogP contribution in [-0.4, -0.2) is 42.8 Å². The van der Waals surface area contributed by atoms with E-state index in [0.29, 0.717) is 12.1 Å². The van der Waals surface area contributed by atoms with Crippen LogP contribution in [0.3, 0.4) is 0 Å². The van der Waals surface area contributed by atoms with E-state index in [0.717, 1.165) is 10.8 Å². The number of nitrogen functional groups attached to an aromatic ring is 1. The number of fused-ring (bicyclic) bond motifs is 1. The van der Waals surface area contributed by atoms with Gasteiger partial charge in [-0.05, 0) is 18.2 Å². The summed E-state index contributed by atoms with van der Waals surface area (Å²) < 4.78 is 47.2. The average Bonchev–Trinajstić information content (AvgIpc) is 2.78. The molecular formula is C13H19F2N3O4Si. The van der Waals surface area contributed by atoms with Gasteiger partial charge < -0.3 is 19.3 Å². The van der Waals surface area contributed by atoms with Crippen molar-refractivity contribution in [3.05, 3.63) is 22.7 Å². The van der Waals surface area contributed by atoms with Gasteiger partial charge in [-0.3, -0.25) is 4.57 Å². The fourth-order valence-electron chi connectivity index (χ4n) is 2.97. The van der Waals surface area contributed by atoms with E-state index < -0.39 is 38.6 Å². The molecule has 0 aromatic carbocycles. The van der Waals surface area contributed by atoms with Gasteiger partial charge in [-0.25, -0.2) is 4.79 Å². The molecule has 2 aliphatic heterocycles. The Bertz CT molecular complexity index is 652. The summed E-state index contributed by atoms with van der Waals surface area (Å²) in [7, 11) is -2.64. The molecule has 23 heavy (non-hydrogen) atoms. The number of hydrogen-bond donors (Lipinski definition) is 1. The van der Waals surface area contributed by atoms with Crippen molar-refractivity contribution in [3.8, 4) is 0 Å². The number of alkyl halides is 2. The molecule has 1 aromatic heterocycles. The van der Waals surface area contributed by atoms with Gasteiger partial charge in [0, 0.05) is 6.20 Å². The zero-order valence-corrected chi connectivity index (χ0v) is 13.9. The summed E-state index contributed by atoms with van der Waals surface area (Å²) in [6, 6.07) is 2.44. The van der Waals surface area contributed by atoms with E-state index in [-0.39, 0.29) is 12.4 Å². The normalized spacial score (nSPS) is 31.7. The Morgan fingerprint density at radius 2 is 2.17 bits per heavy atom. The van der Waals surface area contributed by atoms with Crippen LogP contribution in [0, 0.1) is 0 Å². The first-order valence-corrected chi connectivity index (χ1v) is 9.75. The van der Waals surface area contributed by atoms with Gasteiger partial charge in [0.15, 0.2) is 0 Å². The number of ether oxygens (including phenoxy) is 1. The molecule has 0 saturated carbocycles. The summed E-state index contributed by atoms with van der Waals surface area (Å²) in [6.07, 6.45) is -2.96. The van der Waals surface area contributed by atoms with E-state index in [1.54, 1.807) is 0 Å². The Labute approximate surface area is 132 Å². The lowest BCUT2D eigenvalue weighted by Crippen LogP contribution is -2.57. The van der Waals surface area contributed by atoms with E-state index >= 15 is 0 Å². The van der Waals surface area contributed by atoms with Gasteiger partial charge in [-0.2, -0.15) is 13.8 Å². The maximum atomic E-state index is 14.8. The van der Waals surface area contributed by atoms with Crippen LogP contribution in [0.25, 0.3) is 0 Å². The van der Waals surface area contributed by atoms with Crippen LogP contribution in [0.1, 0.15) is 20.1 Å². The van der Waals surface area contributed by atoms with Crippen molar-refractivity contribution < 1.29 is 22.4 Å². The molecule has 2 fully saturated rings. The van der Waals surface area contributed by atoms with Gasteiger partial charge in [0.1, 0.15) is 18.0 Å². The van der Waals surface area contributed by atoms with Crippen LogP contribution in [0.4, 0.5) is 14.6 Å². The molecule has 0 bridgehead atoms. The van der Waals surface area contributed by atoms with Gasteiger partial charge in [0.05, 0.1) is 6.61 Å². The second kappa shape index (κ2) is 5.62. The minimum absolute atomic E-state index is 0.0343. The van der Waals surface area contributed by atoms with Crippen molar-refractivity contribution in [3.63, 3.8) is 0 Å². The highest BCUT2D eigenvalue weighted by Gasteiger charge is 2.65. The minimum Gasteiger partial charge on any atom is -0.391 e. The predicted molar refractivity (Wildman–Crippen MR) is 79.3 cm³/mol. The number of aromatic nitrogens is 2. The van der Waals surface area contributed by atoms with E-state index in [2.05, 4.69) is 4.98 Å². The Balaban J connectivity index is 1.94. The maximum absolute atomic E-state index is 14.8. The molecule has 2 aliphatic rings. The number of nitrogens with zero attached hydrogens (tertiary/aromatic N) is 2. The maximum Gasteiger partial charge on any atom is 0.351 e. The largest absolute Gasteiger partial charge is 0.391 e. The molecule has 3 rings (SSSR count). The fourth-order valence-corrected chi connectivity index (χ4v) is 5.52. The van der Waals surface area contributed by atoms with Crippen LogP contribution >= 0.6 is 0 Å². The number of anilines is 1. The van der Waals surface area contributed by atoms with Crippen LogP contribution in [0.2, 0.25) is 12.1 Å². The number of hydrogen-bond acceptors (Lipinski definition) is 6. The summed E-state index contributed by atoms with van der Waals surface area (Å²) in [5.74, 6) is -3.40. The molecule has 0 amide bonds. The highest BCUT2D eigenvalue weighted by atomic mass is 28.4. The summed E-state index contributed by atoms with van der Waals surface area (Å²) in [5.41, 5.74) is 4.50. The molecule has 2 saturated heterocycles.